The molecule has 4 rings (SSSR count). The minimum atomic E-state index is -0.958. The van der Waals surface area contributed by atoms with Crippen molar-refractivity contribution in [2.24, 2.45) is 5.92 Å². The molecule has 0 radical (unpaired) electrons. The maximum absolute atomic E-state index is 13.0. The van der Waals surface area contributed by atoms with Crippen molar-refractivity contribution in [1.82, 2.24) is 4.90 Å². The van der Waals surface area contributed by atoms with Crippen LogP contribution in [0.5, 0.6) is 5.75 Å². The Bertz CT molecular complexity index is 1010. The number of carbonyl (C=O) groups is 2. The van der Waals surface area contributed by atoms with E-state index in [1.807, 2.05) is 24.0 Å². The molecule has 1 saturated heterocycles. The van der Waals surface area contributed by atoms with Gasteiger partial charge in [0.25, 0.3) is 0 Å². The molecule has 2 fully saturated rings. The average Bonchev–Trinajstić information content (AvgIpc) is 3.14. The van der Waals surface area contributed by atoms with Crippen LogP contribution in [0.3, 0.4) is 0 Å². The van der Waals surface area contributed by atoms with E-state index in [1.54, 1.807) is 30.3 Å². The van der Waals surface area contributed by atoms with Gasteiger partial charge in [-0.25, -0.2) is 4.79 Å². The molecule has 0 bridgehead atoms. The van der Waals surface area contributed by atoms with E-state index >= 15 is 0 Å². The highest BCUT2D eigenvalue weighted by Crippen LogP contribution is 2.35. The second-order valence-corrected chi connectivity index (χ2v) is 9.90. The zero-order valence-electron chi connectivity index (χ0n) is 18.8. The zero-order valence-corrected chi connectivity index (χ0v) is 19.6. The van der Waals surface area contributed by atoms with Crippen LogP contribution in [-0.4, -0.2) is 45.2 Å². The summed E-state index contributed by atoms with van der Waals surface area (Å²) in [5.41, 5.74) is 1.43. The number of benzene rings is 2. The Kier molecular flexibility index (Phi) is 6.96. The fourth-order valence-electron chi connectivity index (χ4n) is 4.81. The summed E-state index contributed by atoms with van der Waals surface area (Å²) in [6.07, 6.45) is 4.63. The quantitative estimate of drug-likeness (QED) is 0.611. The van der Waals surface area contributed by atoms with E-state index in [2.05, 4.69) is 0 Å². The summed E-state index contributed by atoms with van der Waals surface area (Å²) in [4.78, 5) is 26.0. The molecule has 2 aliphatic rings. The molecule has 1 saturated carbocycles. The Morgan fingerprint density at radius 1 is 1.15 bits per heavy atom. The molecule has 1 atom stereocenters. The number of rotatable bonds is 7. The minimum Gasteiger partial charge on any atom is -0.489 e. The van der Waals surface area contributed by atoms with Crippen LogP contribution in [0.2, 0.25) is 5.02 Å². The van der Waals surface area contributed by atoms with Crippen LogP contribution in [-0.2, 0) is 17.8 Å². The first kappa shape index (κ1) is 23.6. The van der Waals surface area contributed by atoms with Gasteiger partial charge in [-0.15, -0.1) is 0 Å². The number of aliphatic hydroxyl groups is 1. The highest BCUT2D eigenvalue weighted by molar-refractivity contribution is 6.31. The molecule has 2 aromatic rings. The Hall–Kier alpha value is -2.57. The lowest BCUT2D eigenvalue weighted by molar-refractivity contribution is -0.134. The molecule has 176 valence electrons. The second-order valence-electron chi connectivity index (χ2n) is 9.49. The molecule has 1 amide bonds. The smallest absolute Gasteiger partial charge is 0.335 e. The molecule has 0 aromatic heterocycles. The van der Waals surface area contributed by atoms with Crippen molar-refractivity contribution < 1.29 is 24.5 Å². The highest BCUT2D eigenvalue weighted by atomic mass is 35.5. The number of halogens is 1. The van der Waals surface area contributed by atoms with Gasteiger partial charge in [-0.05, 0) is 80.8 Å². The van der Waals surface area contributed by atoms with E-state index < -0.39 is 11.6 Å². The van der Waals surface area contributed by atoms with E-state index in [9.17, 15) is 14.7 Å². The van der Waals surface area contributed by atoms with Gasteiger partial charge in [0.05, 0.1) is 11.2 Å². The average molecular weight is 472 g/mol. The molecule has 1 aliphatic carbocycles. The molecule has 6 nitrogen and oxygen atoms in total. The van der Waals surface area contributed by atoms with Crippen LogP contribution in [0.1, 0.15) is 60.5 Å². The number of hydrogen-bond donors (Lipinski definition) is 2. The molecule has 33 heavy (non-hydrogen) atoms. The van der Waals surface area contributed by atoms with E-state index in [0.717, 1.165) is 49.8 Å². The molecule has 2 N–H and O–H groups in total. The summed E-state index contributed by atoms with van der Waals surface area (Å²) in [5, 5.41) is 19.7. The van der Waals surface area contributed by atoms with Gasteiger partial charge < -0.3 is 19.8 Å². The largest absolute Gasteiger partial charge is 0.489 e. The topological polar surface area (TPSA) is 87.1 Å². The van der Waals surface area contributed by atoms with Crippen LogP contribution in [0.4, 0.5) is 0 Å². The molecular weight excluding hydrogens is 442 g/mol. The normalized spacial score (nSPS) is 25.3. The third-order valence-electron chi connectivity index (χ3n) is 6.92. The number of carboxylic acid groups (broad SMARTS) is 1. The van der Waals surface area contributed by atoms with Crippen LogP contribution < -0.4 is 4.74 Å². The predicted octanol–water partition coefficient (Wildman–Crippen LogP) is 4.70. The van der Waals surface area contributed by atoms with Gasteiger partial charge in [0, 0.05) is 23.5 Å². The van der Waals surface area contributed by atoms with Gasteiger partial charge >= 0.3 is 5.97 Å². The summed E-state index contributed by atoms with van der Waals surface area (Å²) in [7, 11) is 0. The standard InChI is InChI=1S/C26H30ClNO5/c1-26(32)11-8-21(9-12-26)28-13-10-20(24(28)29)14-19-6-7-22(15-23(19)27)33-16-17-2-4-18(5-3-17)25(30)31/h2-7,15,20-21,32H,8-14,16H2,1H3,(H,30,31). The van der Waals surface area contributed by atoms with Gasteiger partial charge in [-0.1, -0.05) is 29.8 Å². The number of likely N-dealkylation sites (tertiary alicyclic amines) is 1. The third-order valence-corrected chi connectivity index (χ3v) is 7.27. The Balaban J connectivity index is 1.32. The molecule has 1 aliphatic heterocycles. The van der Waals surface area contributed by atoms with Crippen molar-refractivity contribution in [3.05, 3.63) is 64.2 Å². The summed E-state index contributed by atoms with van der Waals surface area (Å²) in [5.74, 6) is -0.201. The number of amides is 1. The van der Waals surface area contributed by atoms with Crippen molar-refractivity contribution in [3.63, 3.8) is 0 Å². The lowest BCUT2D eigenvalue weighted by atomic mass is 9.83. The Labute approximate surface area is 199 Å². The SMILES string of the molecule is CC1(O)CCC(N2CCC(Cc3ccc(OCc4ccc(C(=O)O)cc4)cc3Cl)C2=O)CC1. The van der Waals surface area contributed by atoms with Crippen LogP contribution in [0, 0.1) is 5.92 Å². The van der Waals surface area contributed by atoms with Crippen molar-refractivity contribution in [1.29, 1.82) is 0 Å². The zero-order chi connectivity index (χ0) is 23.6. The lowest BCUT2D eigenvalue weighted by Gasteiger charge is -2.37. The van der Waals surface area contributed by atoms with Gasteiger partial charge in [-0.2, -0.15) is 0 Å². The highest BCUT2D eigenvalue weighted by Gasteiger charge is 2.39. The van der Waals surface area contributed by atoms with Gasteiger partial charge in [-0.3, -0.25) is 4.79 Å². The van der Waals surface area contributed by atoms with Crippen molar-refractivity contribution in [2.45, 2.75) is 63.7 Å². The lowest BCUT2D eigenvalue weighted by Crippen LogP contribution is -2.43. The summed E-state index contributed by atoms with van der Waals surface area (Å²) >= 11 is 6.51. The molecule has 1 unspecified atom stereocenters. The van der Waals surface area contributed by atoms with Gasteiger partial charge in [0.1, 0.15) is 12.4 Å². The van der Waals surface area contributed by atoms with Crippen LogP contribution in [0.25, 0.3) is 0 Å². The molecule has 7 heteroatoms. The Morgan fingerprint density at radius 2 is 1.85 bits per heavy atom. The maximum Gasteiger partial charge on any atom is 0.335 e. The fourth-order valence-corrected chi connectivity index (χ4v) is 5.06. The number of carboxylic acids is 1. The molecule has 1 heterocycles. The van der Waals surface area contributed by atoms with Crippen molar-refractivity contribution in [2.75, 3.05) is 6.54 Å². The van der Waals surface area contributed by atoms with E-state index in [0.29, 0.717) is 23.8 Å². The second kappa shape index (κ2) is 9.74. The summed E-state index contributed by atoms with van der Waals surface area (Å²) < 4.78 is 5.81. The first-order chi connectivity index (χ1) is 15.7. The monoisotopic (exact) mass is 471 g/mol. The number of hydrogen-bond acceptors (Lipinski definition) is 4. The Morgan fingerprint density at radius 3 is 2.48 bits per heavy atom. The van der Waals surface area contributed by atoms with Crippen LogP contribution in [0.15, 0.2) is 42.5 Å². The first-order valence-electron chi connectivity index (χ1n) is 11.5. The van der Waals surface area contributed by atoms with E-state index in [4.69, 9.17) is 21.4 Å². The predicted molar refractivity (Wildman–Crippen MR) is 126 cm³/mol. The number of ether oxygens (including phenoxy) is 1. The minimum absolute atomic E-state index is 0.0653. The van der Waals surface area contributed by atoms with Gasteiger partial charge in [0.2, 0.25) is 5.91 Å². The fraction of sp³-hybridized carbons (Fsp3) is 0.462. The maximum atomic E-state index is 13.0. The summed E-state index contributed by atoms with van der Waals surface area (Å²) in [6, 6.07) is 12.3. The number of aromatic carboxylic acids is 1. The van der Waals surface area contributed by atoms with Crippen LogP contribution >= 0.6 is 11.6 Å². The molecule has 0 spiro atoms. The molecule has 2 aromatic carbocycles. The number of nitrogens with zero attached hydrogens (tertiary/aromatic N) is 1. The van der Waals surface area contributed by atoms with Crippen molar-refractivity contribution in [3.8, 4) is 5.75 Å². The summed E-state index contributed by atoms with van der Waals surface area (Å²) in [6.45, 7) is 2.96. The first-order valence-corrected chi connectivity index (χ1v) is 11.9. The third kappa shape index (κ3) is 5.68. The van der Waals surface area contributed by atoms with Crippen molar-refractivity contribution >= 4 is 23.5 Å². The van der Waals surface area contributed by atoms with Gasteiger partial charge in [0.15, 0.2) is 0 Å². The molecular formula is C26H30ClNO5. The number of carbonyl (C=O) groups excluding carboxylic acids is 1. The van der Waals surface area contributed by atoms with E-state index in [-0.39, 0.29) is 23.4 Å². The van der Waals surface area contributed by atoms with E-state index in [1.165, 1.54) is 0 Å².